The summed E-state index contributed by atoms with van der Waals surface area (Å²) in [6.45, 7) is 5.04. The number of hydrogen-bond donors (Lipinski definition) is 1. The number of hydrogen-bond acceptors (Lipinski definition) is 4. The number of sulfone groups is 1. The summed E-state index contributed by atoms with van der Waals surface area (Å²) in [5.74, 6) is -1.35. The van der Waals surface area contributed by atoms with Crippen molar-refractivity contribution in [2.24, 2.45) is 0 Å². The molecule has 0 saturated heterocycles. The van der Waals surface area contributed by atoms with Crippen LogP contribution in [0, 0.1) is 6.92 Å². The van der Waals surface area contributed by atoms with Crippen LogP contribution < -0.4 is 0 Å². The summed E-state index contributed by atoms with van der Waals surface area (Å²) in [7, 11) is -2.13. The smallest absolute Gasteiger partial charge is 0.336 e. The van der Waals surface area contributed by atoms with Gasteiger partial charge in [0.2, 0.25) is 0 Å². The third-order valence-electron chi connectivity index (χ3n) is 3.42. The Labute approximate surface area is 129 Å². The zero-order valence-corrected chi connectivity index (χ0v) is 14.0. The molecule has 1 aromatic carbocycles. The molecule has 0 atom stereocenters. The fourth-order valence-electron chi connectivity index (χ4n) is 1.79. The van der Waals surface area contributed by atoms with Crippen molar-refractivity contribution in [1.29, 1.82) is 0 Å². The molecule has 0 aliphatic heterocycles. The fraction of sp³-hybridized carbons (Fsp3) is 0.500. The lowest BCUT2D eigenvalue weighted by atomic mass is 10.1. The Morgan fingerprint density at radius 2 is 1.95 bits per heavy atom. The number of benzene rings is 1. The van der Waals surface area contributed by atoms with E-state index in [9.17, 15) is 13.2 Å². The lowest BCUT2D eigenvalue weighted by Crippen LogP contribution is -2.26. The Balaban J connectivity index is 3.23. The molecule has 21 heavy (non-hydrogen) atoms. The molecule has 1 rings (SSSR count). The summed E-state index contributed by atoms with van der Waals surface area (Å²) in [6, 6.07) is 2.54. The summed E-state index contributed by atoms with van der Waals surface area (Å²) in [4.78, 5) is 11.1. The van der Waals surface area contributed by atoms with Gasteiger partial charge in [-0.15, -0.1) is 0 Å². The van der Waals surface area contributed by atoms with Crippen LogP contribution in [0.25, 0.3) is 0 Å². The van der Waals surface area contributed by atoms with E-state index in [2.05, 4.69) is 0 Å². The van der Waals surface area contributed by atoms with E-state index >= 15 is 0 Å². The zero-order valence-electron chi connectivity index (χ0n) is 12.4. The maximum absolute atomic E-state index is 12.4. The van der Waals surface area contributed by atoms with Gasteiger partial charge in [0.1, 0.15) is 0 Å². The standard InChI is InChI=1S/C14H19ClO5S/c1-9-11(13(16)17)7-10(15)8-12(9)21(18,19)6-5-14(2,3)20-4/h7-8H,5-6H2,1-4H3,(H,16,17). The number of carboxylic acid groups (broad SMARTS) is 1. The largest absolute Gasteiger partial charge is 0.478 e. The SMILES string of the molecule is COC(C)(C)CCS(=O)(=O)c1cc(Cl)cc(C(=O)O)c1C. The van der Waals surface area contributed by atoms with Crippen molar-refractivity contribution in [2.75, 3.05) is 12.9 Å². The van der Waals surface area contributed by atoms with Crippen LogP contribution in [-0.4, -0.2) is 38.0 Å². The van der Waals surface area contributed by atoms with Crippen LogP contribution in [0.4, 0.5) is 0 Å². The first-order valence-corrected chi connectivity index (χ1v) is 8.34. The van der Waals surface area contributed by atoms with Gasteiger partial charge in [0.25, 0.3) is 0 Å². The van der Waals surface area contributed by atoms with Gasteiger partial charge >= 0.3 is 5.97 Å². The van der Waals surface area contributed by atoms with Gasteiger partial charge < -0.3 is 9.84 Å². The number of methoxy groups -OCH3 is 1. The summed E-state index contributed by atoms with van der Waals surface area (Å²) >= 11 is 5.84. The molecule has 1 N–H and O–H groups in total. The van der Waals surface area contributed by atoms with E-state index in [1.54, 1.807) is 13.8 Å². The van der Waals surface area contributed by atoms with Gasteiger partial charge in [-0.1, -0.05) is 11.6 Å². The second-order valence-electron chi connectivity index (χ2n) is 5.41. The lowest BCUT2D eigenvalue weighted by Gasteiger charge is -2.22. The Morgan fingerprint density at radius 3 is 2.43 bits per heavy atom. The molecule has 0 aliphatic carbocycles. The summed E-state index contributed by atoms with van der Waals surface area (Å²) in [5, 5.41) is 9.19. The third-order valence-corrected chi connectivity index (χ3v) is 5.47. The predicted molar refractivity (Wildman–Crippen MR) is 80.9 cm³/mol. The summed E-state index contributed by atoms with van der Waals surface area (Å²) < 4.78 is 30.1. The van der Waals surface area contributed by atoms with Crippen molar-refractivity contribution >= 4 is 27.4 Å². The number of ether oxygens (including phenoxy) is 1. The average molecular weight is 335 g/mol. The zero-order chi connectivity index (χ0) is 16.4. The fourth-order valence-corrected chi connectivity index (χ4v) is 3.94. The van der Waals surface area contributed by atoms with Gasteiger partial charge in [-0.2, -0.15) is 0 Å². The highest BCUT2D eigenvalue weighted by atomic mass is 35.5. The molecular formula is C14H19ClO5S. The minimum absolute atomic E-state index is 0.0423. The van der Waals surface area contributed by atoms with Crippen LogP contribution >= 0.6 is 11.6 Å². The van der Waals surface area contributed by atoms with Gasteiger partial charge in [0.15, 0.2) is 9.84 Å². The van der Waals surface area contributed by atoms with Crippen LogP contribution in [0.2, 0.25) is 5.02 Å². The van der Waals surface area contributed by atoms with Gasteiger partial charge in [-0.05, 0) is 44.9 Å². The lowest BCUT2D eigenvalue weighted by molar-refractivity contribution is 0.0203. The van der Waals surface area contributed by atoms with Crippen LogP contribution in [0.1, 0.15) is 36.2 Å². The first kappa shape index (κ1) is 17.9. The summed E-state index contributed by atoms with van der Waals surface area (Å²) in [6.07, 6.45) is 0.292. The van der Waals surface area contributed by atoms with E-state index in [0.717, 1.165) is 0 Å². The second kappa shape index (κ2) is 6.34. The molecule has 1 aromatic rings. The van der Waals surface area contributed by atoms with Crippen molar-refractivity contribution in [2.45, 2.75) is 37.7 Å². The molecule has 0 fully saturated rings. The molecule has 0 aliphatic rings. The molecule has 0 radical (unpaired) electrons. The van der Waals surface area contributed by atoms with Crippen molar-refractivity contribution < 1.29 is 23.1 Å². The van der Waals surface area contributed by atoms with Crippen molar-refractivity contribution in [3.63, 3.8) is 0 Å². The second-order valence-corrected chi connectivity index (χ2v) is 7.93. The molecule has 118 valence electrons. The van der Waals surface area contributed by atoms with Crippen LogP contribution in [0.3, 0.4) is 0 Å². The van der Waals surface area contributed by atoms with E-state index < -0.39 is 21.4 Å². The number of carboxylic acids is 1. The quantitative estimate of drug-likeness (QED) is 0.865. The molecular weight excluding hydrogens is 316 g/mol. The highest BCUT2D eigenvalue weighted by Crippen LogP contribution is 2.27. The van der Waals surface area contributed by atoms with Crippen LogP contribution in [0.5, 0.6) is 0 Å². The first-order valence-electron chi connectivity index (χ1n) is 6.31. The van der Waals surface area contributed by atoms with Crippen LogP contribution in [-0.2, 0) is 14.6 Å². The average Bonchev–Trinajstić information content (AvgIpc) is 2.38. The molecule has 0 saturated carbocycles. The van der Waals surface area contributed by atoms with Crippen molar-refractivity contribution in [3.8, 4) is 0 Å². The van der Waals surface area contributed by atoms with E-state index in [1.165, 1.54) is 26.2 Å². The highest BCUT2D eigenvalue weighted by molar-refractivity contribution is 7.91. The van der Waals surface area contributed by atoms with Crippen molar-refractivity contribution in [1.82, 2.24) is 0 Å². The van der Waals surface area contributed by atoms with E-state index in [-0.39, 0.29) is 26.8 Å². The normalized spacial score (nSPS) is 12.4. The molecule has 0 aromatic heterocycles. The Hall–Kier alpha value is -1.11. The minimum atomic E-state index is -3.64. The van der Waals surface area contributed by atoms with Crippen molar-refractivity contribution in [3.05, 3.63) is 28.3 Å². The molecule has 0 heterocycles. The minimum Gasteiger partial charge on any atom is -0.478 e. The topological polar surface area (TPSA) is 80.7 Å². The predicted octanol–water partition coefficient (Wildman–Crippen LogP) is 2.94. The molecule has 5 nitrogen and oxygen atoms in total. The Kier molecular flexibility index (Phi) is 5.41. The van der Waals surface area contributed by atoms with Crippen LogP contribution in [0.15, 0.2) is 17.0 Å². The molecule has 0 amide bonds. The maximum Gasteiger partial charge on any atom is 0.336 e. The number of rotatable bonds is 6. The number of carbonyl (C=O) groups is 1. The van der Waals surface area contributed by atoms with E-state index in [1.807, 2.05) is 0 Å². The van der Waals surface area contributed by atoms with E-state index in [4.69, 9.17) is 21.4 Å². The van der Waals surface area contributed by atoms with Gasteiger partial charge in [0.05, 0.1) is 21.8 Å². The highest BCUT2D eigenvalue weighted by Gasteiger charge is 2.26. The Morgan fingerprint density at radius 1 is 1.38 bits per heavy atom. The first-order chi connectivity index (χ1) is 9.50. The Bertz CT molecular complexity index is 650. The van der Waals surface area contributed by atoms with Gasteiger partial charge in [0, 0.05) is 12.1 Å². The monoisotopic (exact) mass is 334 g/mol. The molecule has 0 spiro atoms. The molecule has 0 unspecified atom stereocenters. The van der Waals surface area contributed by atoms with Gasteiger partial charge in [-0.3, -0.25) is 0 Å². The molecule has 0 bridgehead atoms. The number of aromatic carboxylic acids is 1. The molecule has 7 heteroatoms. The van der Waals surface area contributed by atoms with E-state index in [0.29, 0.717) is 6.42 Å². The maximum atomic E-state index is 12.4. The summed E-state index contributed by atoms with van der Waals surface area (Å²) in [5.41, 5.74) is -0.482. The third kappa shape index (κ3) is 4.43. The number of halogens is 1. The van der Waals surface area contributed by atoms with Gasteiger partial charge in [-0.25, -0.2) is 13.2 Å².